The number of aliphatic hydroxyl groups excluding tert-OH is 1. The molecule has 2 amide bonds. The van der Waals surface area contributed by atoms with E-state index in [1.54, 1.807) is 48.5 Å². The Hall–Kier alpha value is -3.82. The first-order chi connectivity index (χ1) is 18.4. The molecule has 0 saturated heterocycles. The van der Waals surface area contributed by atoms with Gasteiger partial charge in [-0.25, -0.2) is 4.79 Å². The predicted molar refractivity (Wildman–Crippen MR) is 153 cm³/mol. The number of hydrogen-bond donors (Lipinski definition) is 4. The second-order valence-electron chi connectivity index (χ2n) is 8.60. The third kappa shape index (κ3) is 8.93. The van der Waals surface area contributed by atoms with Crippen molar-refractivity contribution in [1.29, 1.82) is 0 Å². The summed E-state index contributed by atoms with van der Waals surface area (Å²) in [5, 5.41) is 14.7. The molecule has 3 rings (SSSR count). The first-order valence-corrected chi connectivity index (χ1v) is 13.0. The van der Waals surface area contributed by atoms with Gasteiger partial charge in [0.15, 0.2) is 0 Å². The number of hydrogen-bond acceptors (Lipinski definition) is 6. The number of nitrogens with one attached hydrogen (secondary N) is 2. The summed E-state index contributed by atoms with van der Waals surface area (Å²) >= 11 is 3.38. The van der Waals surface area contributed by atoms with Gasteiger partial charge in [0.1, 0.15) is 18.5 Å². The molecule has 5 N–H and O–H groups in total. The van der Waals surface area contributed by atoms with E-state index < -0.39 is 12.2 Å². The molecule has 3 aromatic carbocycles. The van der Waals surface area contributed by atoms with Gasteiger partial charge in [0, 0.05) is 15.7 Å². The zero-order chi connectivity index (χ0) is 27.3. The lowest BCUT2D eigenvalue weighted by molar-refractivity contribution is -0.111. The highest BCUT2D eigenvalue weighted by Gasteiger charge is 2.26. The SMILES string of the molecule is C[C@H](CC/C=C/C(=O)Nc1ccccc1N)[C@@H](OC(=O)Nc1ccc(Br)cc1)c1ccccc1OCCO. The van der Waals surface area contributed by atoms with Crippen molar-refractivity contribution in [2.45, 2.75) is 25.9 Å². The van der Waals surface area contributed by atoms with E-state index in [9.17, 15) is 14.7 Å². The van der Waals surface area contributed by atoms with E-state index in [2.05, 4.69) is 26.6 Å². The highest BCUT2D eigenvalue weighted by Crippen LogP contribution is 2.35. The van der Waals surface area contributed by atoms with Gasteiger partial charge in [0.25, 0.3) is 0 Å². The second-order valence-corrected chi connectivity index (χ2v) is 9.52. The second kappa shape index (κ2) is 14.8. The number of aliphatic hydroxyl groups is 1. The van der Waals surface area contributed by atoms with Gasteiger partial charge >= 0.3 is 6.09 Å². The summed E-state index contributed by atoms with van der Waals surface area (Å²) in [6, 6.07) is 21.5. The molecule has 0 aliphatic heterocycles. The molecule has 0 radical (unpaired) electrons. The van der Waals surface area contributed by atoms with Crippen LogP contribution in [0.15, 0.2) is 89.4 Å². The molecular formula is C29H32BrN3O5. The number of nitrogens with two attached hydrogens (primary N) is 1. The predicted octanol–water partition coefficient (Wildman–Crippen LogP) is 6.30. The number of benzene rings is 3. The minimum Gasteiger partial charge on any atom is -0.491 e. The van der Waals surface area contributed by atoms with Crippen LogP contribution < -0.4 is 21.1 Å². The van der Waals surface area contributed by atoms with Crippen LogP contribution >= 0.6 is 15.9 Å². The molecule has 38 heavy (non-hydrogen) atoms. The van der Waals surface area contributed by atoms with Gasteiger partial charge < -0.3 is 25.6 Å². The summed E-state index contributed by atoms with van der Waals surface area (Å²) in [5.41, 5.74) is 8.22. The van der Waals surface area contributed by atoms with Crippen LogP contribution in [0.3, 0.4) is 0 Å². The molecule has 0 aromatic heterocycles. The number of allylic oxidation sites excluding steroid dienone is 1. The third-order valence-electron chi connectivity index (χ3n) is 5.69. The van der Waals surface area contributed by atoms with Crippen molar-refractivity contribution in [2.24, 2.45) is 5.92 Å². The van der Waals surface area contributed by atoms with Gasteiger partial charge in [-0.2, -0.15) is 0 Å². The number of amides is 2. The van der Waals surface area contributed by atoms with Gasteiger partial charge in [-0.05, 0) is 67.3 Å². The van der Waals surface area contributed by atoms with Crippen molar-refractivity contribution in [3.05, 3.63) is 95.0 Å². The number of carbonyl (C=O) groups excluding carboxylic acids is 2. The van der Waals surface area contributed by atoms with Crippen LogP contribution in [0.25, 0.3) is 0 Å². The molecule has 0 heterocycles. The van der Waals surface area contributed by atoms with Gasteiger partial charge in [-0.3, -0.25) is 10.1 Å². The molecule has 0 bridgehead atoms. The Kier molecular flexibility index (Phi) is 11.2. The molecule has 0 saturated carbocycles. The fraction of sp³-hybridized carbons (Fsp3) is 0.241. The van der Waals surface area contributed by atoms with Gasteiger partial charge in [-0.15, -0.1) is 0 Å². The van der Waals surface area contributed by atoms with Gasteiger partial charge in [0.2, 0.25) is 5.91 Å². The molecule has 0 unspecified atom stereocenters. The third-order valence-corrected chi connectivity index (χ3v) is 6.22. The average Bonchev–Trinajstić information content (AvgIpc) is 2.91. The standard InChI is InChI=1S/C29H32BrN3O5/c1-20(8-2-7-13-27(35)33-25-11-5-4-10-24(25)31)28(23-9-3-6-12-26(23)37-19-18-34)38-29(36)32-22-16-14-21(30)15-17-22/h3-7,9-17,20,28,34H,2,8,18-19,31H2,1H3,(H,32,36)(H,33,35)/b13-7+/t20-,28-/m1/s1. The number of ether oxygens (including phenoxy) is 2. The minimum absolute atomic E-state index is 0.118. The fourth-order valence-electron chi connectivity index (χ4n) is 3.77. The molecule has 200 valence electrons. The Bertz CT molecular complexity index is 1230. The molecule has 0 spiro atoms. The van der Waals surface area contributed by atoms with Gasteiger partial charge in [0.05, 0.1) is 18.0 Å². The van der Waals surface area contributed by atoms with Crippen molar-refractivity contribution in [3.8, 4) is 5.75 Å². The summed E-state index contributed by atoms with van der Waals surface area (Å²) in [4.78, 5) is 25.1. The molecule has 0 aliphatic rings. The number of para-hydroxylation sites is 3. The van der Waals surface area contributed by atoms with Crippen molar-refractivity contribution in [3.63, 3.8) is 0 Å². The number of carbonyl (C=O) groups is 2. The highest BCUT2D eigenvalue weighted by atomic mass is 79.9. The Morgan fingerprint density at radius 2 is 1.74 bits per heavy atom. The fourth-order valence-corrected chi connectivity index (χ4v) is 4.04. The van der Waals surface area contributed by atoms with E-state index in [4.69, 9.17) is 15.2 Å². The average molecular weight is 582 g/mol. The van der Waals surface area contributed by atoms with Crippen molar-refractivity contribution < 1.29 is 24.2 Å². The number of nitrogen functional groups attached to an aromatic ring is 1. The van der Waals surface area contributed by atoms with E-state index in [1.807, 2.05) is 37.3 Å². The highest BCUT2D eigenvalue weighted by molar-refractivity contribution is 9.10. The van der Waals surface area contributed by atoms with E-state index in [-0.39, 0.29) is 25.0 Å². The number of halogens is 1. The zero-order valence-electron chi connectivity index (χ0n) is 21.1. The first-order valence-electron chi connectivity index (χ1n) is 12.2. The van der Waals surface area contributed by atoms with Gasteiger partial charge in [-0.1, -0.05) is 59.3 Å². The van der Waals surface area contributed by atoms with Crippen LogP contribution in [0.1, 0.15) is 31.4 Å². The summed E-state index contributed by atoms with van der Waals surface area (Å²) in [6.45, 7) is 1.95. The Morgan fingerprint density at radius 3 is 2.47 bits per heavy atom. The van der Waals surface area contributed by atoms with Crippen molar-refractivity contribution >= 4 is 45.0 Å². The molecule has 8 nitrogen and oxygen atoms in total. The van der Waals surface area contributed by atoms with Crippen LogP contribution in [0, 0.1) is 5.92 Å². The smallest absolute Gasteiger partial charge is 0.412 e. The van der Waals surface area contributed by atoms with Crippen LogP contribution in [-0.2, 0) is 9.53 Å². The van der Waals surface area contributed by atoms with E-state index in [0.29, 0.717) is 41.2 Å². The topological polar surface area (TPSA) is 123 Å². The number of rotatable bonds is 12. The summed E-state index contributed by atoms with van der Waals surface area (Å²) in [7, 11) is 0. The maximum absolute atomic E-state index is 12.8. The summed E-state index contributed by atoms with van der Waals surface area (Å²) in [5.74, 6) is 0.132. The first kappa shape index (κ1) is 28.7. The molecule has 2 atom stereocenters. The maximum atomic E-state index is 12.8. The zero-order valence-corrected chi connectivity index (χ0v) is 22.7. The summed E-state index contributed by atoms with van der Waals surface area (Å²) in [6.07, 6.45) is 3.21. The lowest BCUT2D eigenvalue weighted by Gasteiger charge is -2.26. The number of anilines is 3. The molecule has 0 aliphatic carbocycles. The van der Waals surface area contributed by atoms with E-state index in [0.717, 1.165) is 4.47 Å². The quantitative estimate of drug-likeness (QED) is 0.147. The molecule has 3 aromatic rings. The van der Waals surface area contributed by atoms with Crippen molar-refractivity contribution in [2.75, 3.05) is 29.6 Å². The lowest BCUT2D eigenvalue weighted by Crippen LogP contribution is -2.22. The van der Waals surface area contributed by atoms with Crippen LogP contribution in [-0.4, -0.2) is 30.3 Å². The molecular weight excluding hydrogens is 550 g/mol. The van der Waals surface area contributed by atoms with E-state index >= 15 is 0 Å². The monoisotopic (exact) mass is 581 g/mol. The van der Waals surface area contributed by atoms with Crippen LogP contribution in [0.5, 0.6) is 5.75 Å². The molecule has 9 heteroatoms. The Labute approximate surface area is 231 Å². The normalized spacial score (nSPS) is 12.5. The van der Waals surface area contributed by atoms with Crippen LogP contribution in [0.4, 0.5) is 21.9 Å². The lowest BCUT2D eigenvalue weighted by atomic mass is 9.92. The Morgan fingerprint density at radius 1 is 1.03 bits per heavy atom. The largest absolute Gasteiger partial charge is 0.491 e. The van der Waals surface area contributed by atoms with Crippen LogP contribution in [0.2, 0.25) is 0 Å². The Balaban J connectivity index is 1.68. The van der Waals surface area contributed by atoms with Crippen molar-refractivity contribution in [1.82, 2.24) is 0 Å². The molecule has 0 fully saturated rings. The van der Waals surface area contributed by atoms with E-state index in [1.165, 1.54) is 6.08 Å². The maximum Gasteiger partial charge on any atom is 0.412 e. The summed E-state index contributed by atoms with van der Waals surface area (Å²) < 4.78 is 12.5. The minimum atomic E-state index is -0.633.